The highest BCUT2D eigenvalue weighted by Gasteiger charge is 2.05. The lowest BCUT2D eigenvalue weighted by Crippen LogP contribution is -2.01. The smallest absolute Gasteiger partial charge is 0.169 e. The first-order valence-corrected chi connectivity index (χ1v) is 4.63. The number of aryl methyl sites for hydroxylation is 2. The second-order valence-corrected chi connectivity index (χ2v) is 3.37. The molecule has 0 saturated heterocycles. The summed E-state index contributed by atoms with van der Waals surface area (Å²) in [6.45, 7) is 4.25. The largest absolute Gasteiger partial charge is 0.382 e. The molecular weight excluding hydrogens is 194 g/mol. The SMILES string of the molecule is Cc1cc(CNc2nc(C)[nH]c2N)on1. The van der Waals surface area contributed by atoms with E-state index in [2.05, 4.69) is 20.4 Å². The minimum absolute atomic E-state index is 0.523. The minimum Gasteiger partial charge on any atom is -0.382 e. The fourth-order valence-corrected chi connectivity index (χ4v) is 1.32. The number of nitrogens with two attached hydrogens (primary N) is 1. The number of H-pyrrole nitrogens is 1. The van der Waals surface area contributed by atoms with Crippen LogP contribution < -0.4 is 11.1 Å². The average Bonchev–Trinajstić information content (AvgIpc) is 2.70. The van der Waals surface area contributed by atoms with Crippen LogP contribution in [0.4, 0.5) is 11.6 Å². The van der Waals surface area contributed by atoms with Gasteiger partial charge in [0.05, 0.1) is 12.2 Å². The van der Waals surface area contributed by atoms with Gasteiger partial charge in [-0.15, -0.1) is 0 Å². The quantitative estimate of drug-likeness (QED) is 0.703. The molecule has 15 heavy (non-hydrogen) atoms. The summed E-state index contributed by atoms with van der Waals surface area (Å²) in [7, 11) is 0. The van der Waals surface area contributed by atoms with Crippen LogP contribution >= 0.6 is 0 Å². The van der Waals surface area contributed by atoms with Crippen molar-refractivity contribution < 1.29 is 4.52 Å². The maximum Gasteiger partial charge on any atom is 0.169 e. The van der Waals surface area contributed by atoms with Gasteiger partial charge in [0, 0.05) is 6.07 Å². The van der Waals surface area contributed by atoms with E-state index < -0.39 is 0 Å². The van der Waals surface area contributed by atoms with E-state index in [0.29, 0.717) is 18.2 Å². The third kappa shape index (κ3) is 2.09. The number of rotatable bonds is 3. The third-order valence-corrected chi connectivity index (χ3v) is 1.96. The molecule has 0 bridgehead atoms. The highest BCUT2D eigenvalue weighted by Crippen LogP contribution is 2.15. The van der Waals surface area contributed by atoms with E-state index in [1.807, 2.05) is 19.9 Å². The average molecular weight is 207 g/mol. The summed E-state index contributed by atoms with van der Waals surface area (Å²) in [5.41, 5.74) is 6.54. The van der Waals surface area contributed by atoms with Gasteiger partial charge in [-0.05, 0) is 13.8 Å². The van der Waals surface area contributed by atoms with Gasteiger partial charge < -0.3 is 20.6 Å². The van der Waals surface area contributed by atoms with Crippen molar-refractivity contribution in [1.29, 1.82) is 0 Å². The van der Waals surface area contributed by atoms with Gasteiger partial charge >= 0.3 is 0 Å². The first-order valence-electron chi connectivity index (χ1n) is 4.63. The van der Waals surface area contributed by atoms with Crippen molar-refractivity contribution in [1.82, 2.24) is 15.1 Å². The van der Waals surface area contributed by atoms with E-state index in [-0.39, 0.29) is 0 Å². The van der Waals surface area contributed by atoms with Gasteiger partial charge in [-0.2, -0.15) is 0 Å². The van der Waals surface area contributed by atoms with Crippen molar-refractivity contribution >= 4 is 11.6 Å². The Labute approximate surface area is 86.9 Å². The Morgan fingerprint density at radius 1 is 1.53 bits per heavy atom. The van der Waals surface area contributed by atoms with Gasteiger partial charge in [0.2, 0.25) is 0 Å². The molecule has 2 heterocycles. The number of aromatic nitrogens is 3. The Kier molecular flexibility index (Phi) is 2.32. The fourth-order valence-electron chi connectivity index (χ4n) is 1.32. The second-order valence-electron chi connectivity index (χ2n) is 3.37. The molecule has 0 amide bonds. The number of nitrogens with one attached hydrogen (secondary N) is 2. The molecule has 0 aliphatic carbocycles. The molecule has 0 saturated carbocycles. The minimum atomic E-state index is 0.523. The van der Waals surface area contributed by atoms with Crippen molar-refractivity contribution in [3.8, 4) is 0 Å². The van der Waals surface area contributed by atoms with Crippen LogP contribution in [0.2, 0.25) is 0 Å². The van der Waals surface area contributed by atoms with Crippen LogP contribution in [-0.4, -0.2) is 15.1 Å². The Morgan fingerprint density at radius 2 is 2.33 bits per heavy atom. The first-order chi connectivity index (χ1) is 7.15. The number of nitrogen functional groups attached to an aromatic ring is 1. The first kappa shape index (κ1) is 9.57. The molecule has 0 unspecified atom stereocenters. The van der Waals surface area contributed by atoms with Crippen LogP contribution in [0.1, 0.15) is 17.3 Å². The van der Waals surface area contributed by atoms with Crippen LogP contribution in [0.3, 0.4) is 0 Å². The standard InChI is InChI=1S/C9H13N5O/c1-5-3-7(15-14-5)4-11-9-8(10)12-6(2)13-9/h3,11H,4,10H2,1-2H3,(H,12,13). The number of aromatic amines is 1. The summed E-state index contributed by atoms with van der Waals surface area (Å²) in [6.07, 6.45) is 0. The molecule has 6 nitrogen and oxygen atoms in total. The number of imidazole rings is 1. The molecule has 2 aromatic heterocycles. The van der Waals surface area contributed by atoms with E-state index in [0.717, 1.165) is 17.3 Å². The van der Waals surface area contributed by atoms with Gasteiger partial charge in [-0.3, -0.25) is 0 Å². The molecule has 0 aliphatic rings. The molecule has 80 valence electrons. The molecule has 0 atom stereocenters. The number of hydrogen-bond acceptors (Lipinski definition) is 5. The van der Waals surface area contributed by atoms with Gasteiger partial charge in [0.15, 0.2) is 11.6 Å². The molecule has 0 aromatic carbocycles. The van der Waals surface area contributed by atoms with Crippen molar-refractivity contribution in [3.63, 3.8) is 0 Å². The highest BCUT2D eigenvalue weighted by molar-refractivity contribution is 5.56. The molecule has 0 fully saturated rings. The lowest BCUT2D eigenvalue weighted by molar-refractivity contribution is 0.384. The highest BCUT2D eigenvalue weighted by atomic mass is 16.5. The summed E-state index contributed by atoms with van der Waals surface area (Å²) < 4.78 is 5.04. The molecule has 2 rings (SSSR count). The van der Waals surface area contributed by atoms with Crippen LogP contribution in [0.15, 0.2) is 10.6 Å². The number of nitrogens with zero attached hydrogens (tertiary/aromatic N) is 2. The molecular formula is C9H13N5O. The molecule has 6 heteroatoms. The van der Waals surface area contributed by atoms with Crippen molar-refractivity contribution in [2.24, 2.45) is 0 Å². The Morgan fingerprint density at radius 3 is 2.87 bits per heavy atom. The third-order valence-electron chi connectivity index (χ3n) is 1.96. The monoisotopic (exact) mass is 207 g/mol. The maximum absolute atomic E-state index is 5.68. The molecule has 2 aromatic rings. The molecule has 0 aliphatic heterocycles. The molecule has 4 N–H and O–H groups in total. The van der Waals surface area contributed by atoms with Gasteiger partial charge in [0.1, 0.15) is 11.6 Å². The molecule has 0 radical (unpaired) electrons. The van der Waals surface area contributed by atoms with E-state index in [1.165, 1.54) is 0 Å². The lowest BCUT2D eigenvalue weighted by atomic mass is 10.4. The summed E-state index contributed by atoms with van der Waals surface area (Å²) >= 11 is 0. The molecule has 0 spiro atoms. The summed E-state index contributed by atoms with van der Waals surface area (Å²) in [5.74, 6) is 2.71. The van der Waals surface area contributed by atoms with Crippen LogP contribution in [0.25, 0.3) is 0 Å². The van der Waals surface area contributed by atoms with E-state index in [1.54, 1.807) is 0 Å². The van der Waals surface area contributed by atoms with Crippen LogP contribution in [0, 0.1) is 13.8 Å². The Balaban J connectivity index is 2.01. The predicted molar refractivity (Wildman–Crippen MR) is 56.3 cm³/mol. The Hall–Kier alpha value is -1.98. The zero-order valence-corrected chi connectivity index (χ0v) is 8.66. The second kappa shape index (κ2) is 3.64. The summed E-state index contributed by atoms with van der Waals surface area (Å²) in [5, 5.41) is 6.84. The summed E-state index contributed by atoms with van der Waals surface area (Å²) in [4.78, 5) is 7.09. The topological polar surface area (TPSA) is 92.8 Å². The number of hydrogen-bond donors (Lipinski definition) is 3. The van der Waals surface area contributed by atoms with Crippen LogP contribution in [-0.2, 0) is 6.54 Å². The summed E-state index contributed by atoms with van der Waals surface area (Å²) in [6, 6.07) is 1.86. The van der Waals surface area contributed by atoms with Crippen molar-refractivity contribution in [2.75, 3.05) is 11.1 Å². The van der Waals surface area contributed by atoms with Gasteiger partial charge in [-0.1, -0.05) is 5.16 Å². The van der Waals surface area contributed by atoms with Crippen molar-refractivity contribution in [3.05, 3.63) is 23.3 Å². The zero-order valence-electron chi connectivity index (χ0n) is 8.66. The van der Waals surface area contributed by atoms with E-state index in [9.17, 15) is 0 Å². The lowest BCUT2D eigenvalue weighted by Gasteiger charge is -1.99. The van der Waals surface area contributed by atoms with E-state index in [4.69, 9.17) is 10.3 Å². The Bertz CT molecular complexity index is 459. The normalized spacial score (nSPS) is 10.5. The number of anilines is 2. The van der Waals surface area contributed by atoms with Crippen molar-refractivity contribution in [2.45, 2.75) is 20.4 Å². The maximum atomic E-state index is 5.68. The predicted octanol–water partition coefficient (Wildman–Crippen LogP) is 1.21. The fraction of sp³-hybridized carbons (Fsp3) is 0.333. The van der Waals surface area contributed by atoms with Crippen LogP contribution in [0.5, 0.6) is 0 Å². The van der Waals surface area contributed by atoms with Gasteiger partial charge in [0.25, 0.3) is 0 Å². The van der Waals surface area contributed by atoms with E-state index >= 15 is 0 Å². The van der Waals surface area contributed by atoms with Gasteiger partial charge in [-0.25, -0.2) is 4.98 Å². The zero-order chi connectivity index (χ0) is 10.8.